The van der Waals surface area contributed by atoms with Crippen LogP contribution < -0.4 is 0 Å². The van der Waals surface area contributed by atoms with Gasteiger partial charge in [0.05, 0.1) is 0 Å². The summed E-state index contributed by atoms with van der Waals surface area (Å²) < 4.78 is 0. The van der Waals surface area contributed by atoms with Crippen molar-refractivity contribution in [2.75, 3.05) is 0 Å². The molecule has 0 aromatic rings. The molecule has 0 aromatic carbocycles. The molecule has 0 unspecified atom stereocenters. The fourth-order valence-electron chi connectivity index (χ4n) is 1.33. The summed E-state index contributed by atoms with van der Waals surface area (Å²) >= 11 is 0. The lowest BCUT2D eigenvalue weighted by Crippen LogP contribution is -1.93. The molecule has 0 aliphatic heterocycles. The van der Waals surface area contributed by atoms with Crippen LogP contribution in [0.5, 0.6) is 0 Å². The molecule has 0 N–H and O–H groups in total. The molecule has 1 rings (SSSR count). The molecule has 1 fully saturated rings. The maximum absolute atomic E-state index is 2.39. The van der Waals surface area contributed by atoms with Crippen molar-refractivity contribution in [1.82, 2.24) is 0 Å². The minimum atomic E-state index is 1.08. The van der Waals surface area contributed by atoms with Gasteiger partial charge in [-0.05, 0) is 5.92 Å². The van der Waals surface area contributed by atoms with Crippen molar-refractivity contribution in [2.24, 2.45) is 5.92 Å². The summed E-state index contributed by atoms with van der Waals surface area (Å²) in [6, 6.07) is 0. The largest absolute Gasteiger partial charge is 0.0625 e. The maximum Gasteiger partial charge on any atom is 0.00706 e. The summed E-state index contributed by atoms with van der Waals surface area (Å²) in [7, 11) is 1.44. The molecule has 2 atom stereocenters. The van der Waals surface area contributed by atoms with Crippen LogP contribution in [0.15, 0.2) is 0 Å². The van der Waals surface area contributed by atoms with Crippen molar-refractivity contribution < 1.29 is 0 Å². The predicted octanol–water partition coefficient (Wildman–Crippen LogP) is 0.960. The first-order valence-electron chi connectivity index (χ1n) is 3.30. The van der Waals surface area contributed by atoms with Crippen LogP contribution in [-0.2, 0) is 0 Å². The van der Waals surface area contributed by atoms with Gasteiger partial charge < -0.3 is 0 Å². The standard InChI is InChI=1S/C6H14Si/c1-5-3-2-4-6(5)7/h5-6H,2-4H2,1,7H3/t5-,6+/m0/s1. The smallest absolute Gasteiger partial charge is 0.00706 e. The van der Waals surface area contributed by atoms with Crippen LogP contribution in [-0.4, -0.2) is 10.2 Å². The molecule has 1 aliphatic carbocycles. The van der Waals surface area contributed by atoms with E-state index < -0.39 is 0 Å². The third kappa shape index (κ3) is 1.06. The average Bonchev–Trinajstić information content (AvgIpc) is 1.91. The lowest BCUT2D eigenvalue weighted by Gasteiger charge is -2.04. The van der Waals surface area contributed by atoms with E-state index in [0.29, 0.717) is 0 Å². The fourth-order valence-corrected chi connectivity index (χ4v) is 2.07. The van der Waals surface area contributed by atoms with Crippen LogP contribution in [0.25, 0.3) is 0 Å². The van der Waals surface area contributed by atoms with E-state index in [2.05, 4.69) is 6.92 Å². The van der Waals surface area contributed by atoms with Crippen molar-refractivity contribution in [3.63, 3.8) is 0 Å². The van der Waals surface area contributed by atoms with Gasteiger partial charge in [0.1, 0.15) is 0 Å². The highest BCUT2D eigenvalue weighted by Crippen LogP contribution is 2.32. The van der Waals surface area contributed by atoms with Crippen molar-refractivity contribution in [2.45, 2.75) is 31.7 Å². The Morgan fingerprint density at radius 2 is 2.14 bits per heavy atom. The van der Waals surface area contributed by atoms with E-state index in [4.69, 9.17) is 0 Å². The van der Waals surface area contributed by atoms with Gasteiger partial charge in [0, 0.05) is 10.2 Å². The van der Waals surface area contributed by atoms with E-state index in [0.717, 1.165) is 11.5 Å². The molecule has 0 spiro atoms. The molecule has 0 amide bonds. The summed E-state index contributed by atoms with van der Waals surface area (Å²) in [4.78, 5) is 0. The van der Waals surface area contributed by atoms with Gasteiger partial charge in [0.25, 0.3) is 0 Å². The minimum absolute atomic E-state index is 1.08. The molecule has 0 aromatic heterocycles. The third-order valence-electron chi connectivity index (χ3n) is 2.29. The maximum atomic E-state index is 2.39. The molecule has 1 heteroatoms. The monoisotopic (exact) mass is 114 g/mol. The summed E-state index contributed by atoms with van der Waals surface area (Å²) in [5.41, 5.74) is 1.15. The average molecular weight is 114 g/mol. The zero-order valence-electron chi connectivity index (χ0n) is 5.28. The normalized spacial score (nSPS) is 42.4. The van der Waals surface area contributed by atoms with Gasteiger partial charge in [-0.3, -0.25) is 0 Å². The Bertz CT molecular complexity index is 53.2. The van der Waals surface area contributed by atoms with Crippen molar-refractivity contribution in [3.8, 4) is 0 Å². The lowest BCUT2D eigenvalue weighted by molar-refractivity contribution is 0.611. The molecule has 1 saturated carbocycles. The van der Waals surface area contributed by atoms with Crippen LogP contribution in [0, 0.1) is 5.92 Å². The summed E-state index contributed by atoms with van der Waals surface area (Å²) in [5.74, 6) is 1.08. The van der Waals surface area contributed by atoms with Gasteiger partial charge >= 0.3 is 0 Å². The van der Waals surface area contributed by atoms with E-state index in [1.54, 1.807) is 0 Å². The van der Waals surface area contributed by atoms with Crippen molar-refractivity contribution in [3.05, 3.63) is 0 Å². The van der Waals surface area contributed by atoms with E-state index >= 15 is 0 Å². The Kier molecular flexibility index (Phi) is 1.52. The molecular weight excluding hydrogens is 100 g/mol. The quantitative estimate of drug-likeness (QED) is 0.411. The third-order valence-corrected chi connectivity index (χ3v) is 4.01. The first-order valence-corrected chi connectivity index (χ1v) is 4.46. The Labute approximate surface area is 48.7 Å². The minimum Gasteiger partial charge on any atom is -0.0625 e. The van der Waals surface area contributed by atoms with Gasteiger partial charge in [0.15, 0.2) is 0 Å². The van der Waals surface area contributed by atoms with Crippen LogP contribution in [0.3, 0.4) is 0 Å². The highest BCUT2D eigenvalue weighted by Gasteiger charge is 2.17. The van der Waals surface area contributed by atoms with Gasteiger partial charge in [-0.1, -0.05) is 31.7 Å². The first kappa shape index (κ1) is 5.36. The van der Waals surface area contributed by atoms with Crippen LogP contribution in [0.4, 0.5) is 0 Å². The zero-order chi connectivity index (χ0) is 5.28. The molecule has 0 nitrogen and oxygen atoms in total. The van der Waals surface area contributed by atoms with E-state index in [1.165, 1.54) is 29.5 Å². The Morgan fingerprint density at radius 3 is 2.29 bits per heavy atom. The fraction of sp³-hybridized carbons (Fsp3) is 1.00. The molecular formula is C6H14Si. The van der Waals surface area contributed by atoms with Crippen molar-refractivity contribution >= 4 is 10.2 Å². The Hall–Kier alpha value is 0.217. The van der Waals surface area contributed by atoms with Gasteiger partial charge in [-0.2, -0.15) is 0 Å². The van der Waals surface area contributed by atoms with Gasteiger partial charge in [0.2, 0.25) is 0 Å². The first-order chi connectivity index (χ1) is 3.30. The van der Waals surface area contributed by atoms with Gasteiger partial charge in [-0.25, -0.2) is 0 Å². The second kappa shape index (κ2) is 1.99. The van der Waals surface area contributed by atoms with Crippen molar-refractivity contribution in [1.29, 1.82) is 0 Å². The summed E-state index contributed by atoms with van der Waals surface area (Å²) in [6.45, 7) is 2.39. The molecule has 1 aliphatic rings. The molecule has 0 saturated heterocycles. The number of hydrogen-bond donors (Lipinski definition) is 0. The van der Waals surface area contributed by atoms with Crippen LogP contribution >= 0.6 is 0 Å². The van der Waals surface area contributed by atoms with Gasteiger partial charge in [-0.15, -0.1) is 0 Å². The number of rotatable bonds is 0. The number of hydrogen-bond acceptors (Lipinski definition) is 0. The van der Waals surface area contributed by atoms with E-state index in [1.807, 2.05) is 0 Å². The Balaban J connectivity index is 2.33. The highest BCUT2D eigenvalue weighted by molar-refractivity contribution is 6.11. The topological polar surface area (TPSA) is 0 Å². The molecule has 42 valence electrons. The zero-order valence-corrected chi connectivity index (χ0v) is 7.28. The van der Waals surface area contributed by atoms with E-state index in [-0.39, 0.29) is 0 Å². The predicted molar refractivity (Wildman–Crippen MR) is 36.7 cm³/mol. The van der Waals surface area contributed by atoms with Crippen LogP contribution in [0.2, 0.25) is 5.54 Å². The second-order valence-corrected chi connectivity index (χ2v) is 4.37. The molecule has 0 bridgehead atoms. The summed E-state index contributed by atoms with van der Waals surface area (Å²) in [5, 5.41) is 0. The molecule has 7 heavy (non-hydrogen) atoms. The van der Waals surface area contributed by atoms with E-state index in [9.17, 15) is 0 Å². The molecule has 0 radical (unpaired) electrons. The molecule has 0 heterocycles. The second-order valence-electron chi connectivity index (χ2n) is 2.89. The Morgan fingerprint density at radius 1 is 1.43 bits per heavy atom. The lowest BCUT2D eigenvalue weighted by atomic mass is 10.1. The highest BCUT2D eigenvalue weighted by atomic mass is 28.1. The SMILES string of the molecule is C[C@H]1CCC[C@H]1[SiH3]. The van der Waals surface area contributed by atoms with Crippen LogP contribution in [0.1, 0.15) is 26.2 Å². The summed E-state index contributed by atoms with van der Waals surface area (Å²) in [6.07, 6.45) is 4.55.